The number of Topliss-reactive ketones (excluding diaryl/α,β-unsaturated/α-hetero) is 1. The van der Waals surface area contributed by atoms with Crippen molar-refractivity contribution in [2.24, 2.45) is 0 Å². The second-order valence-electron chi connectivity index (χ2n) is 9.19. The first-order chi connectivity index (χ1) is 18.4. The number of carbonyl (C=O) groups is 1. The Morgan fingerprint density at radius 3 is 2.45 bits per heavy atom. The fraction of sp³-hybridized carbons (Fsp3) is 0.222. The number of hydrogen-bond acceptors (Lipinski definition) is 6. The molecule has 1 aliphatic heterocycles. The summed E-state index contributed by atoms with van der Waals surface area (Å²) in [5.41, 5.74) is 3.71. The zero-order valence-corrected chi connectivity index (χ0v) is 20.1. The van der Waals surface area contributed by atoms with Gasteiger partial charge in [0.25, 0.3) is 0 Å². The Hall–Kier alpha value is -4.38. The van der Waals surface area contributed by atoms with Gasteiger partial charge in [0.1, 0.15) is 11.5 Å². The van der Waals surface area contributed by atoms with Crippen LogP contribution in [0.2, 0.25) is 0 Å². The number of pyridine rings is 1. The molecule has 0 radical (unpaired) electrons. The quantitative estimate of drug-likeness (QED) is 0.265. The van der Waals surface area contributed by atoms with Crippen LogP contribution in [-0.2, 0) is 6.42 Å². The van der Waals surface area contributed by atoms with E-state index in [1.54, 1.807) is 35.2 Å². The SMILES string of the molecule is O=C(Cc1cn2nc(-c3c(-c4ccc(F)cc4)ncn3C3CCNCC3)ccc2n1)c1cc(F)nc(F)c1. The summed E-state index contributed by atoms with van der Waals surface area (Å²) in [6.45, 7) is 1.79. The molecule has 5 aromatic rings. The first-order valence-electron chi connectivity index (χ1n) is 12.2. The smallest absolute Gasteiger partial charge is 0.216 e. The number of aromatic nitrogens is 6. The van der Waals surface area contributed by atoms with Crippen LogP contribution in [0.3, 0.4) is 0 Å². The molecule has 0 aliphatic carbocycles. The predicted molar refractivity (Wildman–Crippen MR) is 133 cm³/mol. The van der Waals surface area contributed by atoms with Crippen LogP contribution < -0.4 is 5.32 Å². The zero-order chi connectivity index (χ0) is 26.2. The van der Waals surface area contributed by atoms with E-state index in [-0.39, 0.29) is 23.8 Å². The lowest BCUT2D eigenvalue weighted by molar-refractivity contribution is 0.0990. The van der Waals surface area contributed by atoms with Crippen LogP contribution in [0, 0.1) is 17.7 Å². The molecule has 1 saturated heterocycles. The van der Waals surface area contributed by atoms with Crippen molar-refractivity contribution >= 4 is 11.4 Å². The minimum atomic E-state index is -1.06. The van der Waals surface area contributed by atoms with Crippen LogP contribution in [0.1, 0.15) is 34.9 Å². The van der Waals surface area contributed by atoms with Gasteiger partial charge in [0.15, 0.2) is 11.4 Å². The van der Waals surface area contributed by atoms with Crippen LogP contribution in [0.25, 0.3) is 28.3 Å². The lowest BCUT2D eigenvalue weighted by atomic mass is 10.0. The molecule has 1 aliphatic rings. The van der Waals surface area contributed by atoms with Gasteiger partial charge in [-0.25, -0.2) is 18.9 Å². The van der Waals surface area contributed by atoms with Crippen molar-refractivity contribution in [2.45, 2.75) is 25.3 Å². The molecule has 1 aromatic carbocycles. The molecular weight excluding hydrogens is 495 g/mol. The molecule has 0 unspecified atom stereocenters. The number of benzene rings is 1. The number of fused-ring (bicyclic) bond motifs is 1. The Morgan fingerprint density at radius 1 is 0.974 bits per heavy atom. The highest BCUT2D eigenvalue weighted by Crippen LogP contribution is 2.34. The number of ketones is 1. The third-order valence-electron chi connectivity index (χ3n) is 6.65. The van der Waals surface area contributed by atoms with Crippen molar-refractivity contribution in [3.8, 4) is 22.6 Å². The highest BCUT2D eigenvalue weighted by Gasteiger charge is 2.24. The lowest BCUT2D eigenvalue weighted by Gasteiger charge is -2.25. The highest BCUT2D eigenvalue weighted by molar-refractivity contribution is 5.97. The van der Waals surface area contributed by atoms with Crippen molar-refractivity contribution in [1.29, 1.82) is 0 Å². The van der Waals surface area contributed by atoms with Gasteiger partial charge < -0.3 is 9.88 Å². The summed E-state index contributed by atoms with van der Waals surface area (Å²) in [4.78, 5) is 24.8. The first kappa shape index (κ1) is 24.0. The van der Waals surface area contributed by atoms with Crippen molar-refractivity contribution in [1.82, 2.24) is 34.4 Å². The Morgan fingerprint density at radius 2 is 1.71 bits per heavy atom. The molecule has 4 aromatic heterocycles. The molecule has 0 atom stereocenters. The Balaban J connectivity index is 1.37. The number of nitrogens with one attached hydrogen (secondary N) is 1. The van der Waals surface area contributed by atoms with E-state index in [0.29, 0.717) is 22.7 Å². The Labute approximate surface area is 215 Å². The maximum atomic E-state index is 13.6. The Bertz CT molecular complexity index is 1620. The van der Waals surface area contributed by atoms with Crippen LogP contribution >= 0.6 is 0 Å². The van der Waals surface area contributed by atoms with Crippen LogP contribution in [-0.4, -0.2) is 48.0 Å². The summed E-state index contributed by atoms with van der Waals surface area (Å²) in [5.74, 6) is -2.93. The van der Waals surface area contributed by atoms with Gasteiger partial charge >= 0.3 is 0 Å². The van der Waals surface area contributed by atoms with E-state index in [9.17, 15) is 18.0 Å². The monoisotopic (exact) mass is 517 g/mol. The van der Waals surface area contributed by atoms with Crippen LogP contribution in [0.5, 0.6) is 0 Å². The van der Waals surface area contributed by atoms with Crippen LogP contribution in [0.4, 0.5) is 13.2 Å². The summed E-state index contributed by atoms with van der Waals surface area (Å²) in [6, 6.07) is 11.8. The zero-order valence-electron chi connectivity index (χ0n) is 20.1. The number of piperidine rings is 1. The van der Waals surface area contributed by atoms with Gasteiger partial charge in [-0.1, -0.05) is 0 Å². The second-order valence-corrected chi connectivity index (χ2v) is 9.19. The molecule has 1 N–H and O–H groups in total. The molecule has 0 amide bonds. The molecule has 1 fully saturated rings. The average molecular weight is 518 g/mol. The molecule has 0 spiro atoms. The predicted octanol–water partition coefficient (Wildman–Crippen LogP) is 4.42. The largest absolute Gasteiger partial charge is 0.326 e. The number of nitrogens with zero attached hydrogens (tertiary/aromatic N) is 6. The summed E-state index contributed by atoms with van der Waals surface area (Å²) >= 11 is 0. The molecule has 11 heteroatoms. The molecule has 0 bridgehead atoms. The van der Waals surface area contributed by atoms with Gasteiger partial charge in [0.05, 0.1) is 36.0 Å². The minimum Gasteiger partial charge on any atom is -0.326 e. The van der Waals surface area contributed by atoms with Gasteiger partial charge in [-0.2, -0.15) is 18.9 Å². The molecular formula is C27H22F3N7O. The lowest BCUT2D eigenvalue weighted by Crippen LogP contribution is -2.29. The van der Waals surface area contributed by atoms with E-state index in [4.69, 9.17) is 5.10 Å². The van der Waals surface area contributed by atoms with E-state index in [1.165, 1.54) is 12.1 Å². The summed E-state index contributed by atoms with van der Waals surface area (Å²) in [6.07, 6.45) is 5.13. The van der Waals surface area contributed by atoms with Gasteiger partial charge in [0.2, 0.25) is 11.9 Å². The highest BCUT2D eigenvalue weighted by atomic mass is 19.1. The van der Waals surface area contributed by atoms with E-state index < -0.39 is 17.7 Å². The fourth-order valence-electron chi connectivity index (χ4n) is 4.83. The minimum absolute atomic E-state index is 0.115. The standard InChI is InChI=1S/C27H22F3N7O/c28-18-3-1-16(2-4-18)26-27(36(15-32-26)20-7-9-31-10-8-20)21-5-6-25-33-19(14-37(25)35-21)13-22(38)17-11-23(29)34-24(30)12-17/h1-6,11-12,14-15,20,31H,7-10,13H2. The Kier molecular flexibility index (Phi) is 6.20. The average Bonchev–Trinajstić information content (AvgIpc) is 3.52. The first-order valence-corrected chi connectivity index (χ1v) is 12.2. The summed E-state index contributed by atoms with van der Waals surface area (Å²) < 4.78 is 44.2. The number of carbonyl (C=O) groups excluding carboxylic acids is 1. The number of hydrogen-bond donors (Lipinski definition) is 1. The maximum Gasteiger partial charge on any atom is 0.216 e. The number of rotatable bonds is 6. The van der Waals surface area contributed by atoms with Crippen molar-refractivity contribution in [3.63, 3.8) is 0 Å². The molecule has 6 rings (SSSR count). The third kappa shape index (κ3) is 4.68. The van der Waals surface area contributed by atoms with Crippen molar-refractivity contribution < 1.29 is 18.0 Å². The van der Waals surface area contributed by atoms with Gasteiger partial charge in [-0.05, 0) is 62.3 Å². The number of imidazole rings is 2. The topological polar surface area (TPSA) is 90.0 Å². The third-order valence-corrected chi connectivity index (χ3v) is 6.65. The van der Waals surface area contributed by atoms with Gasteiger partial charge in [-0.15, -0.1) is 0 Å². The molecule has 5 heterocycles. The normalized spacial score (nSPS) is 14.3. The summed E-state index contributed by atoms with van der Waals surface area (Å²) in [7, 11) is 0. The molecule has 8 nitrogen and oxygen atoms in total. The number of halogens is 3. The van der Waals surface area contributed by atoms with E-state index in [0.717, 1.165) is 49.3 Å². The molecule has 0 saturated carbocycles. The second kappa shape index (κ2) is 9.82. The summed E-state index contributed by atoms with van der Waals surface area (Å²) in [5, 5.41) is 8.14. The van der Waals surface area contributed by atoms with Gasteiger partial charge in [-0.3, -0.25) is 4.79 Å². The van der Waals surface area contributed by atoms with Crippen LogP contribution in [0.15, 0.2) is 61.1 Å². The fourth-order valence-corrected chi connectivity index (χ4v) is 4.83. The molecule has 38 heavy (non-hydrogen) atoms. The van der Waals surface area contributed by atoms with E-state index in [1.807, 2.05) is 6.07 Å². The van der Waals surface area contributed by atoms with E-state index in [2.05, 4.69) is 24.8 Å². The van der Waals surface area contributed by atoms with E-state index >= 15 is 0 Å². The van der Waals surface area contributed by atoms with Crippen molar-refractivity contribution in [2.75, 3.05) is 13.1 Å². The van der Waals surface area contributed by atoms with Crippen molar-refractivity contribution in [3.05, 3.63) is 90.0 Å². The maximum absolute atomic E-state index is 13.6. The molecule has 192 valence electrons. The van der Waals surface area contributed by atoms with Gasteiger partial charge in [0, 0.05) is 29.3 Å².